The fraction of sp³-hybridized carbons (Fsp3) is 0.375. The van der Waals surface area contributed by atoms with Gasteiger partial charge in [-0.3, -0.25) is 9.59 Å². The molecule has 204 valence electrons. The molecule has 3 aromatic rings. The molecule has 2 aliphatic rings. The number of carbonyl (C=O) groups excluding carboxylic acids is 2. The van der Waals surface area contributed by atoms with Crippen molar-refractivity contribution in [2.75, 3.05) is 6.54 Å². The average molecular weight is 655 g/mol. The van der Waals surface area contributed by atoms with Crippen molar-refractivity contribution in [3.63, 3.8) is 0 Å². The normalized spacial score (nSPS) is 21.0. The molecule has 0 spiro atoms. The van der Waals surface area contributed by atoms with E-state index in [4.69, 9.17) is 0 Å². The van der Waals surface area contributed by atoms with E-state index in [1.54, 1.807) is 0 Å². The Morgan fingerprint density at radius 2 is 1.77 bits per heavy atom. The SMILES string of the molecule is Cc1ccc(S[C@]2(C(=O)NCC(C)C)CC(=O)N(C3Cc4ccccc4C3)[C@@H]2c2ccc(CO)cc2I)cc1. The number of nitrogens with one attached hydrogen (secondary N) is 1. The molecule has 5 nitrogen and oxygen atoms in total. The van der Waals surface area contributed by atoms with E-state index >= 15 is 0 Å². The highest BCUT2D eigenvalue weighted by atomic mass is 127. The van der Waals surface area contributed by atoms with E-state index in [2.05, 4.69) is 78.2 Å². The number of hydrogen-bond donors (Lipinski definition) is 2. The lowest BCUT2D eigenvalue weighted by molar-refractivity contribution is -0.131. The van der Waals surface area contributed by atoms with Crippen molar-refractivity contribution < 1.29 is 14.7 Å². The van der Waals surface area contributed by atoms with Gasteiger partial charge in [0, 0.05) is 21.1 Å². The van der Waals surface area contributed by atoms with Gasteiger partial charge in [-0.25, -0.2) is 0 Å². The van der Waals surface area contributed by atoms with E-state index in [0.717, 1.165) is 38.0 Å². The van der Waals surface area contributed by atoms with Crippen molar-refractivity contribution in [3.05, 3.63) is 98.1 Å². The number of rotatable bonds is 8. The maximum atomic E-state index is 14.3. The minimum Gasteiger partial charge on any atom is -0.392 e. The Hall–Kier alpha value is -2.36. The summed E-state index contributed by atoms with van der Waals surface area (Å²) in [6.07, 6.45) is 1.69. The van der Waals surface area contributed by atoms with Crippen LogP contribution in [0.4, 0.5) is 0 Å². The number of thioether (sulfide) groups is 1. The first-order chi connectivity index (χ1) is 18.7. The molecule has 1 aliphatic carbocycles. The van der Waals surface area contributed by atoms with Gasteiger partial charge in [0.25, 0.3) is 0 Å². The van der Waals surface area contributed by atoms with Gasteiger partial charge >= 0.3 is 0 Å². The zero-order chi connectivity index (χ0) is 27.7. The predicted octanol–water partition coefficient (Wildman–Crippen LogP) is 5.84. The quantitative estimate of drug-likeness (QED) is 0.300. The minimum absolute atomic E-state index is 0.0131. The molecule has 1 saturated heterocycles. The van der Waals surface area contributed by atoms with Crippen LogP contribution in [0.15, 0.2) is 71.6 Å². The van der Waals surface area contributed by atoms with Gasteiger partial charge < -0.3 is 15.3 Å². The summed E-state index contributed by atoms with van der Waals surface area (Å²) in [6.45, 7) is 6.70. The molecule has 2 atom stereocenters. The van der Waals surface area contributed by atoms with Crippen LogP contribution in [0.25, 0.3) is 0 Å². The van der Waals surface area contributed by atoms with E-state index in [1.807, 2.05) is 42.2 Å². The smallest absolute Gasteiger partial charge is 0.239 e. The third-order valence-electron chi connectivity index (χ3n) is 7.76. The number of amides is 2. The average Bonchev–Trinajstić information content (AvgIpc) is 3.47. The highest BCUT2D eigenvalue weighted by Gasteiger charge is 2.60. The molecule has 5 rings (SSSR count). The maximum Gasteiger partial charge on any atom is 0.239 e. The molecular weight excluding hydrogens is 619 g/mol. The van der Waals surface area contributed by atoms with E-state index in [1.165, 1.54) is 22.9 Å². The number of halogens is 1. The second-order valence-corrected chi connectivity index (χ2v) is 13.7. The highest BCUT2D eigenvalue weighted by molar-refractivity contribution is 14.1. The fourth-order valence-electron chi connectivity index (χ4n) is 5.83. The Kier molecular flexibility index (Phi) is 8.40. The van der Waals surface area contributed by atoms with E-state index in [-0.39, 0.29) is 36.8 Å². The minimum atomic E-state index is -1.04. The number of aliphatic hydroxyl groups is 1. The molecule has 2 N–H and O–H groups in total. The number of aliphatic hydroxyl groups excluding tert-OH is 1. The van der Waals surface area contributed by atoms with Crippen molar-refractivity contribution in [3.8, 4) is 0 Å². The molecule has 0 bridgehead atoms. The number of carbonyl (C=O) groups is 2. The van der Waals surface area contributed by atoms with Crippen LogP contribution < -0.4 is 5.32 Å². The second-order valence-electron chi connectivity index (χ2n) is 11.1. The van der Waals surface area contributed by atoms with Crippen LogP contribution in [-0.2, 0) is 29.0 Å². The van der Waals surface area contributed by atoms with Gasteiger partial charge in [-0.15, -0.1) is 11.8 Å². The summed E-state index contributed by atoms with van der Waals surface area (Å²) < 4.78 is -0.0960. The first-order valence-corrected chi connectivity index (χ1v) is 15.4. The molecule has 3 aromatic carbocycles. The lowest BCUT2D eigenvalue weighted by Gasteiger charge is -2.39. The second kappa shape index (κ2) is 11.6. The molecule has 0 radical (unpaired) electrons. The molecule has 1 aliphatic heterocycles. The Morgan fingerprint density at radius 3 is 2.36 bits per heavy atom. The summed E-state index contributed by atoms with van der Waals surface area (Å²) >= 11 is 3.81. The Morgan fingerprint density at radius 1 is 1.10 bits per heavy atom. The van der Waals surface area contributed by atoms with Crippen molar-refractivity contribution >= 4 is 46.2 Å². The van der Waals surface area contributed by atoms with Gasteiger partial charge in [0.05, 0.1) is 19.1 Å². The summed E-state index contributed by atoms with van der Waals surface area (Å²) in [5.41, 5.74) is 5.46. The molecule has 1 fully saturated rings. The molecule has 1 heterocycles. The molecule has 2 amide bonds. The Labute approximate surface area is 248 Å². The molecule has 7 heteroatoms. The standard InChI is InChI=1S/C32H35IN2O3S/c1-20(2)18-34-31(38)32(39-26-11-8-21(3)9-12-26)17-29(37)35(25-15-23-6-4-5-7-24(23)16-25)30(32)27-13-10-22(19-36)14-28(27)33/h4-14,20,25,30,36H,15-19H2,1-3H3,(H,34,38)/t30-,32-/m1/s1. The first kappa shape index (κ1) is 28.2. The van der Waals surface area contributed by atoms with Crippen LogP contribution in [0.2, 0.25) is 0 Å². The third-order valence-corrected chi connectivity index (χ3v) is 10.1. The lowest BCUT2D eigenvalue weighted by Crippen LogP contribution is -2.50. The van der Waals surface area contributed by atoms with Crippen LogP contribution in [-0.4, -0.2) is 39.2 Å². The van der Waals surface area contributed by atoms with Crippen LogP contribution in [0.1, 0.15) is 54.1 Å². The van der Waals surface area contributed by atoms with Gasteiger partial charge in [0.1, 0.15) is 4.75 Å². The monoisotopic (exact) mass is 654 g/mol. The summed E-state index contributed by atoms with van der Waals surface area (Å²) in [5.74, 6) is 0.203. The van der Waals surface area contributed by atoms with Crippen LogP contribution in [0.3, 0.4) is 0 Å². The third kappa shape index (κ3) is 5.63. The number of benzene rings is 3. The molecule has 39 heavy (non-hydrogen) atoms. The summed E-state index contributed by atoms with van der Waals surface area (Å²) in [7, 11) is 0. The number of fused-ring (bicyclic) bond motifs is 1. The van der Waals surface area contributed by atoms with E-state index in [0.29, 0.717) is 6.54 Å². The Bertz CT molecular complexity index is 1350. The highest BCUT2D eigenvalue weighted by Crippen LogP contribution is 2.55. The van der Waals surface area contributed by atoms with Crippen LogP contribution >= 0.6 is 34.4 Å². The Balaban J connectivity index is 1.65. The summed E-state index contributed by atoms with van der Waals surface area (Å²) in [5, 5.41) is 13.0. The number of nitrogens with zero attached hydrogens (tertiary/aromatic N) is 1. The van der Waals surface area contributed by atoms with Gasteiger partial charge in [-0.1, -0.05) is 67.9 Å². The summed E-state index contributed by atoms with van der Waals surface area (Å²) in [6, 6.07) is 22.0. The van der Waals surface area contributed by atoms with E-state index < -0.39 is 10.8 Å². The first-order valence-electron chi connectivity index (χ1n) is 13.5. The van der Waals surface area contributed by atoms with Gasteiger partial charge in [-0.05, 0) is 88.7 Å². The van der Waals surface area contributed by atoms with E-state index in [9.17, 15) is 14.7 Å². The maximum absolute atomic E-state index is 14.3. The van der Waals surface area contributed by atoms with Crippen LogP contribution in [0.5, 0.6) is 0 Å². The summed E-state index contributed by atoms with van der Waals surface area (Å²) in [4.78, 5) is 31.4. The molecular formula is C32H35IN2O3S. The molecule has 0 saturated carbocycles. The zero-order valence-corrected chi connectivity index (χ0v) is 25.6. The van der Waals surface area contributed by atoms with Crippen molar-refractivity contribution in [1.29, 1.82) is 0 Å². The van der Waals surface area contributed by atoms with Crippen molar-refractivity contribution in [1.82, 2.24) is 10.2 Å². The number of hydrogen-bond acceptors (Lipinski definition) is 4. The van der Waals surface area contributed by atoms with Gasteiger partial charge in [0.2, 0.25) is 11.8 Å². The van der Waals surface area contributed by atoms with Crippen molar-refractivity contribution in [2.45, 2.75) is 68.4 Å². The predicted molar refractivity (Wildman–Crippen MR) is 165 cm³/mol. The van der Waals surface area contributed by atoms with Crippen molar-refractivity contribution in [2.24, 2.45) is 5.92 Å². The topological polar surface area (TPSA) is 69.6 Å². The largest absolute Gasteiger partial charge is 0.392 e. The molecule has 0 aromatic heterocycles. The lowest BCUT2D eigenvalue weighted by atomic mass is 9.90. The van der Waals surface area contributed by atoms with Gasteiger partial charge in [0.15, 0.2) is 0 Å². The number of aryl methyl sites for hydroxylation is 1. The van der Waals surface area contributed by atoms with Crippen LogP contribution in [0, 0.1) is 16.4 Å². The number of likely N-dealkylation sites (tertiary alicyclic amines) is 1. The van der Waals surface area contributed by atoms with Gasteiger partial charge in [-0.2, -0.15) is 0 Å². The fourth-order valence-corrected chi connectivity index (χ4v) is 8.11. The molecule has 0 unspecified atom stereocenters. The zero-order valence-electron chi connectivity index (χ0n) is 22.6.